The number of aliphatic hydroxyl groups excluding tert-OH is 2. The maximum absolute atomic E-state index is 10.1. The van der Waals surface area contributed by atoms with Crippen molar-refractivity contribution >= 4 is 11.6 Å². The lowest BCUT2D eigenvalue weighted by molar-refractivity contribution is -0.113. The molecule has 0 radical (unpaired) electrons. The van der Waals surface area contributed by atoms with Crippen LogP contribution in [-0.4, -0.2) is 34.0 Å². The average Bonchev–Trinajstić information content (AvgIpc) is 2.83. The Morgan fingerprint density at radius 1 is 1.06 bits per heavy atom. The fraction of sp³-hybridized carbons (Fsp3) is 0.346. The van der Waals surface area contributed by atoms with E-state index in [0.29, 0.717) is 30.2 Å². The summed E-state index contributed by atoms with van der Waals surface area (Å²) in [5, 5.41) is 20.2. The summed E-state index contributed by atoms with van der Waals surface area (Å²) in [6, 6.07) is 19.2. The predicted octanol–water partition coefficient (Wildman–Crippen LogP) is 5.72. The van der Waals surface area contributed by atoms with Gasteiger partial charge in [0.15, 0.2) is 0 Å². The highest BCUT2D eigenvalue weighted by molar-refractivity contribution is 6.31. The second-order valence-corrected chi connectivity index (χ2v) is 7.90. The van der Waals surface area contributed by atoms with Gasteiger partial charge in [0.2, 0.25) is 5.88 Å². The molecule has 4 rings (SSSR count). The minimum atomic E-state index is -0.480. The molecule has 0 amide bonds. The van der Waals surface area contributed by atoms with Crippen LogP contribution in [0, 0.1) is 0 Å². The lowest BCUT2D eigenvalue weighted by Gasteiger charge is -2.32. The van der Waals surface area contributed by atoms with Crippen LogP contribution in [0.5, 0.6) is 11.6 Å². The van der Waals surface area contributed by atoms with Crippen LogP contribution in [0.25, 0.3) is 0 Å². The van der Waals surface area contributed by atoms with Gasteiger partial charge in [-0.05, 0) is 47.4 Å². The summed E-state index contributed by atoms with van der Waals surface area (Å²) in [6.07, 6.45) is 2.25. The van der Waals surface area contributed by atoms with Crippen molar-refractivity contribution in [3.63, 3.8) is 0 Å². The number of pyridine rings is 1. The quantitative estimate of drug-likeness (QED) is 0.497. The molecule has 170 valence electrons. The normalized spacial score (nSPS) is 20.2. The fourth-order valence-electron chi connectivity index (χ4n) is 3.68. The minimum Gasteiger partial charge on any atom is -0.439 e. The Hall–Kier alpha value is -2.44. The summed E-state index contributed by atoms with van der Waals surface area (Å²) >= 11 is 6.45. The summed E-state index contributed by atoms with van der Waals surface area (Å²) in [5.74, 6) is 1.27. The van der Waals surface area contributed by atoms with Gasteiger partial charge in [0.25, 0.3) is 0 Å². The Morgan fingerprint density at radius 3 is 2.53 bits per heavy atom. The van der Waals surface area contributed by atoms with Crippen LogP contribution in [0.3, 0.4) is 0 Å². The van der Waals surface area contributed by atoms with Crippen LogP contribution >= 0.6 is 11.6 Å². The number of aliphatic hydroxyl groups is 2. The summed E-state index contributed by atoms with van der Waals surface area (Å²) < 4.78 is 11.7. The molecule has 6 heteroatoms. The zero-order valence-electron chi connectivity index (χ0n) is 18.4. The van der Waals surface area contributed by atoms with Gasteiger partial charge < -0.3 is 19.7 Å². The fourth-order valence-corrected chi connectivity index (χ4v) is 3.86. The molecule has 2 aromatic carbocycles. The summed E-state index contributed by atoms with van der Waals surface area (Å²) in [7, 11) is 0. The molecular weight excluding hydrogens is 426 g/mol. The second-order valence-electron chi connectivity index (χ2n) is 7.50. The van der Waals surface area contributed by atoms with E-state index in [1.54, 1.807) is 6.20 Å². The van der Waals surface area contributed by atoms with E-state index < -0.39 is 6.10 Å². The van der Waals surface area contributed by atoms with Gasteiger partial charge in [0.05, 0.1) is 24.9 Å². The smallest absolute Gasteiger partial charge is 0.219 e. The van der Waals surface area contributed by atoms with Crippen LogP contribution in [0.15, 0.2) is 66.9 Å². The van der Waals surface area contributed by atoms with Gasteiger partial charge in [0, 0.05) is 30.1 Å². The zero-order chi connectivity index (χ0) is 22.9. The first-order chi connectivity index (χ1) is 15.6. The van der Waals surface area contributed by atoms with Gasteiger partial charge in [-0.25, -0.2) is 4.98 Å². The number of hydrogen-bond donors (Lipinski definition) is 2. The monoisotopic (exact) mass is 455 g/mol. The number of nitrogens with zero attached hydrogens (tertiary/aromatic N) is 1. The maximum atomic E-state index is 10.1. The molecule has 32 heavy (non-hydrogen) atoms. The topological polar surface area (TPSA) is 71.8 Å². The highest BCUT2D eigenvalue weighted by Gasteiger charge is 2.29. The Morgan fingerprint density at radius 2 is 1.84 bits per heavy atom. The summed E-state index contributed by atoms with van der Waals surface area (Å²) in [5.41, 5.74) is 3.04. The van der Waals surface area contributed by atoms with Crippen LogP contribution in [0.1, 0.15) is 49.5 Å². The molecule has 5 nitrogen and oxygen atoms in total. The molecule has 1 aliphatic rings. The molecule has 0 aliphatic carbocycles. The number of halogens is 1. The first-order valence-electron chi connectivity index (χ1n) is 11.0. The highest BCUT2D eigenvalue weighted by atomic mass is 35.5. The maximum Gasteiger partial charge on any atom is 0.219 e. The number of ether oxygens (including phenoxy) is 2. The molecule has 3 atom stereocenters. The number of hydrogen-bond acceptors (Lipinski definition) is 5. The molecule has 1 aliphatic heterocycles. The Kier molecular flexibility index (Phi) is 9.06. The molecule has 0 saturated carbocycles. The first-order valence-corrected chi connectivity index (χ1v) is 11.4. The van der Waals surface area contributed by atoms with Crippen LogP contribution in [0.4, 0.5) is 0 Å². The van der Waals surface area contributed by atoms with Gasteiger partial charge in [-0.2, -0.15) is 0 Å². The van der Waals surface area contributed by atoms with Gasteiger partial charge in [0.1, 0.15) is 5.75 Å². The molecule has 0 spiro atoms. The summed E-state index contributed by atoms with van der Waals surface area (Å²) in [6.45, 7) is 3.90. The molecule has 1 aromatic heterocycles. The molecule has 2 heterocycles. The van der Waals surface area contributed by atoms with Crippen LogP contribution < -0.4 is 4.74 Å². The number of rotatable bonds is 6. The van der Waals surface area contributed by atoms with E-state index in [9.17, 15) is 10.2 Å². The van der Waals surface area contributed by atoms with Crippen LogP contribution in [0.2, 0.25) is 5.02 Å². The molecule has 1 fully saturated rings. The SMILES string of the molecule is CC.OCC1CC(O)CC(c2ccc(Cl)c(Cc3ccc(Oc4ccccn4)cc3)c2)O1. The lowest BCUT2D eigenvalue weighted by atomic mass is 9.94. The van der Waals surface area contributed by atoms with Gasteiger partial charge >= 0.3 is 0 Å². The van der Waals surface area contributed by atoms with Gasteiger partial charge in [-0.3, -0.25) is 0 Å². The minimum absolute atomic E-state index is 0.0963. The highest BCUT2D eigenvalue weighted by Crippen LogP contribution is 2.34. The third-order valence-electron chi connectivity index (χ3n) is 5.20. The van der Waals surface area contributed by atoms with Crippen LogP contribution in [-0.2, 0) is 11.2 Å². The van der Waals surface area contributed by atoms with Crippen molar-refractivity contribution in [1.82, 2.24) is 4.98 Å². The van der Waals surface area contributed by atoms with Gasteiger partial charge in [-0.1, -0.05) is 55.8 Å². The Bertz CT molecular complexity index is 965. The van der Waals surface area contributed by atoms with Crippen molar-refractivity contribution in [2.75, 3.05) is 6.61 Å². The van der Waals surface area contributed by atoms with E-state index in [1.807, 2.05) is 74.5 Å². The zero-order valence-corrected chi connectivity index (χ0v) is 19.2. The number of benzene rings is 2. The lowest BCUT2D eigenvalue weighted by Crippen LogP contribution is -2.33. The standard InChI is InChI=1S/C24H24ClNO4.C2H6/c25-22-9-6-17(23-14-19(28)13-21(15-27)29-23)12-18(22)11-16-4-7-20(8-5-16)30-24-3-1-2-10-26-24;1-2/h1-10,12,19,21,23,27-28H,11,13-15H2;1-2H3. The Labute approximate surface area is 194 Å². The molecule has 0 bridgehead atoms. The molecular formula is C26H30ClNO4. The van der Waals surface area contributed by atoms with E-state index in [0.717, 1.165) is 22.4 Å². The van der Waals surface area contributed by atoms with Crippen molar-refractivity contribution in [3.05, 3.63) is 88.6 Å². The van der Waals surface area contributed by atoms with E-state index in [4.69, 9.17) is 21.1 Å². The molecule has 1 saturated heterocycles. The van der Waals surface area contributed by atoms with E-state index in [2.05, 4.69) is 4.98 Å². The van der Waals surface area contributed by atoms with E-state index in [-0.39, 0.29) is 18.8 Å². The van der Waals surface area contributed by atoms with Gasteiger partial charge in [-0.15, -0.1) is 0 Å². The third kappa shape index (κ3) is 6.53. The molecule has 2 N–H and O–H groups in total. The van der Waals surface area contributed by atoms with E-state index in [1.165, 1.54) is 0 Å². The summed E-state index contributed by atoms with van der Waals surface area (Å²) in [4.78, 5) is 4.16. The van der Waals surface area contributed by atoms with Crippen molar-refractivity contribution in [2.45, 2.75) is 51.4 Å². The van der Waals surface area contributed by atoms with Crippen molar-refractivity contribution in [2.24, 2.45) is 0 Å². The van der Waals surface area contributed by atoms with E-state index >= 15 is 0 Å². The third-order valence-corrected chi connectivity index (χ3v) is 5.57. The molecule has 3 unspecified atom stereocenters. The number of aromatic nitrogens is 1. The van der Waals surface area contributed by atoms with Crippen molar-refractivity contribution < 1.29 is 19.7 Å². The average molecular weight is 456 g/mol. The predicted molar refractivity (Wildman–Crippen MR) is 126 cm³/mol. The first kappa shape index (κ1) is 24.2. The largest absolute Gasteiger partial charge is 0.439 e. The molecule has 3 aromatic rings. The second kappa shape index (κ2) is 12.0. The van der Waals surface area contributed by atoms with Crippen molar-refractivity contribution in [3.8, 4) is 11.6 Å². The van der Waals surface area contributed by atoms with Crippen molar-refractivity contribution in [1.29, 1.82) is 0 Å². The Balaban J connectivity index is 0.00000141.